The third-order valence-electron chi connectivity index (χ3n) is 4.25. The van der Waals surface area contributed by atoms with Gasteiger partial charge in [0.2, 0.25) is 0 Å². The van der Waals surface area contributed by atoms with Gasteiger partial charge in [0.15, 0.2) is 5.78 Å². The minimum Gasteiger partial charge on any atom is -0.497 e. The van der Waals surface area contributed by atoms with E-state index >= 15 is 0 Å². The van der Waals surface area contributed by atoms with Crippen molar-refractivity contribution < 1.29 is 9.53 Å². The van der Waals surface area contributed by atoms with Crippen LogP contribution in [0.4, 0.5) is 0 Å². The number of ether oxygens (including phenoxy) is 1. The van der Waals surface area contributed by atoms with E-state index in [2.05, 4.69) is 16.7 Å². The zero-order valence-corrected chi connectivity index (χ0v) is 13.3. The quantitative estimate of drug-likeness (QED) is 0.753. The van der Waals surface area contributed by atoms with Crippen molar-refractivity contribution in [2.75, 3.05) is 39.8 Å². The van der Waals surface area contributed by atoms with Crippen molar-refractivity contribution in [3.63, 3.8) is 0 Å². The van der Waals surface area contributed by atoms with Crippen molar-refractivity contribution in [1.29, 1.82) is 0 Å². The van der Waals surface area contributed by atoms with Gasteiger partial charge in [-0.15, -0.1) is 0 Å². The number of ketones is 1. The maximum absolute atomic E-state index is 12.6. The molecule has 1 unspecified atom stereocenters. The number of piperazine rings is 1. The van der Waals surface area contributed by atoms with Gasteiger partial charge in [-0.1, -0.05) is 6.92 Å². The summed E-state index contributed by atoms with van der Waals surface area (Å²) in [6.07, 6.45) is 1.19. The lowest BCUT2D eigenvalue weighted by molar-refractivity contribution is 0.0701. The topological polar surface area (TPSA) is 32.8 Å². The number of nitrogens with zero attached hydrogens (tertiary/aromatic N) is 2. The minimum absolute atomic E-state index is 0.0535. The summed E-state index contributed by atoms with van der Waals surface area (Å²) in [7, 11) is 1.63. The second-order valence-corrected chi connectivity index (χ2v) is 5.65. The smallest absolute Gasteiger partial charge is 0.179 e. The van der Waals surface area contributed by atoms with E-state index in [0.717, 1.165) is 44.0 Å². The number of rotatable bonds is 6. The molecule has 1 aliphatic heterocycles. The van der Waals surface area contributed by atoms with Crippen molar-refractivity contribution in [3.05, 3.63) is 29.8 Å². The molecule has 1 aromatic carbocycles. The number of benzene rings is 1. The summed E-state index contributed by atoms with van der Waals surface area (Å²) in [6, 6.07) is 7.34. The highest BCUT2D eigenvalue weighted by atomic mass is 16.5. The fourth-order valence-corrected chi connectivity index (χ4v) is 2.85. The average Bonchev–Trinajstić information content (AvgIpc) is 2.54. The molecule has 0 saturated carbocycles. The molecule has 1 atom stereocenters. The van der Waals surface area contributed by atoms with E-state index in [1.807, 2.05) is 31.2 Å². The summed E-state index contributed by atoms with van der Waals surface area (Å²) in [4.78, 5) is 17.3. The molecular weight excluding hydrogens is 264 g/mol. The Balaban J connectivity index is 1.93. The predicted octanol–water partition coefficient (Wildman–Crippen LogP) is 2.29. The summed E-state index contributed by atoms with van der Waals surface area (Å²) in [5.41, 5.74) is 0.763. The normalized spacial score (nSPS) is 18.4. The largest absolute Gasteiger partial charge is 0.497 e. The van der Waals surface area contributed by atoms with Gasteiger partial charge in [-0.25, -0.2) is 0 Å². The number of hydrogen-bond donors (Lipinski definition) is 0. The van der Waals surface area contributed by atoms with Crippen LogP contribution in [0.3, 0.4) is 0 Å². The van der Waals surface area contributed by atoms with Crippen LogP contribution in [0.2, 0.25) is 0 Å². The van der Waals surface area contributed by atoms with E-state index in [1.54, 1.807) is 7.11 Å². The molecule has 4 heteroatoms. The highest BCUT2D eigenvalue weighted by Crippen LogP contribution is 2.16. The second kappa shape index (κ2) is 7.57. The lowest BCUT2D eigenvalue weighted by Crippen LogP contribution is -2.51. The Labute approximate surface area is 127 Å². The standard InChI is InChI=1S/C17H26N2O2/c1-4-9-18-10-12-19(13-11-18)14(2)17(20)15-5-7-16(21-3)8-6-15/h5-8,14H,4,9-13H2,1-3H3. The fraction of sp³-hybridized carbons (Fsp3) is 0.588. The first-order valence-corrected chi connectivity index (χ1v) is 7.80. The van der Waals surface area contributed by atoms with Gasteiger partial charge in [0.05, 0.1) is 13.2 Å². The molecule has 0 spiro atoms. The van der Waals surface area contributed by atoms with E-state index in [9.17, 15) is 4.79 Å². The molecule has 0 amide bonds. The molecule has 0 N–H and O–H groups in total. The molecule has 1 heterocycles. The van der Waals surface area contributed by atoms with Crippen molar-refractivity contribution in [3.8, 4) is 5.75 Å². The first kappa shape index (κ1) is 16.0. The Morgan fingerprint density at radius 3 is 2.33 bits per heavy atom. The molecule has 4 nitrogen and oxygen atoms in total. The molecule has 0 bridgehead atoms. The minimum atomic E-state index is -0.0535. The molecule has 116 valence electrons. The van der Waals surface area contributed by atoms with Crippen molar-refractivity contribution in [2.24, 2.45) is 0 Å². The van der Waals surface area contributed by atoms with Crippen LogP contribution in [0.1, 0.15) is 30.6 Å². The van der Waals surface area contributed by atoms with Crippen LogP contribution >= 0.6 is 0 Å². The molecule has 21 heavy (non-hydrogen) atoms. The Kier molecular flexibility index (Phi) is 5.76. The SMILES string of the molecule is CCCN1CCN(C(C)C(=O)c2ccc(OC)cc2)CC1. The summed E-state index contributed by atoms with van der Waals surface area (Å²) in [6.45, 7) is 9.47. The van der Waals surface area contributed by atoms with Gasteiger partial charge in [-0.2, -0.15) is 0 Å². The third kappa shape index (κ3) is 4.05. The third-order valence-corrected chi connectivity index (χ3v) is 4.25. The van der Waals surface area contributed by atoms with Crippen molar-refractivity contribution >= 4 is 5.78 Å². The lowest BCUT2D eigenvalue weighted by Gasteiger charge is -2.37. The number of methoxy groups -OCH3 is 1. The predicted molar refractivity (Wildman–Crippen MR) is 85.1 cm³/mol. The monoisotopic (exact) mass is 290 g/mol. The van der Waals surface area contributed by atoms with Gasteiger partial charge < -0.3 is 9.64 Å². The average molecular weight is 290 g/mol. The van der Waals surface area contributed by atoms with E-state index in [0.29, 0.717) is 0 Å². The van der Waals surface area contributed by atoms with Crippen LogP contribution < -0.4 is 4.74 Å². The zero-order chi connectivity index (χ0) is 15.2. The summed E-state index contributed by atoms with van der Waals surface area (Å²) in [5.74, 6) is 0.981. The Morgan fingerprint density at radius 2 is 1.81 bits per heavy atom. The summed E-state index contributed by atoms with van der Waals surface area (Å²) in [5, 5.41) is 0. The number of hydrogen-bond acceptors (Lipinski definition) is 4. The number of Topliss-reactive ketones (excluding diaryl/α,β-unsaturated/α-hetero) is 1. The Morgan fingerprint density at radius 1 is 1.19 bits per heavy atom. The van der Waals surface area contributed by atoms with Crippen LogP contribution in [-0.4, -0.2) is 61.5 Å². The van der Waals surface area contributed by atoms with Crippen LogP contribution in [-0.2, 0) is 0 Å². The lowest BCUT2D eigenvalue weighted by atomic mass is 10.0. The van der Waals surface area contributed by atoms with Gasteiger partial charge in [0, 0.05) is 31.7 Å². The molecule has 0 aromatic heterocycles. The summed E-state index contributed by atoms with van der Waals surface area (Å²) < 4.78 is 5.13. The molecule has 1 fully saturated rings. The van der Waals surface area contributed by atoms with E-state index < -0.39 is 0 Å². The van der Waals surface area contributed by atoms with Gasteiger partial charge in [-0.3, -0.25) is 9.69 Å². The van der Waals surface area contributed by atoms with E-state index in [1.165, 1.54) is 6.42 Å². The Bertz CT molecular complexity index is 450. The van der Waals surface area contributed by atoms with Gasteiger partial charge >= 0.3 is 0 Å². The van der Waals surface area contributed by atoms with E-state index in [4.69, 9.17) is 4.74 Å². The maximum Gasteiger partial charge on any atom is 0.179 e. The van der Waals surface area contributed by atoms with Gasteiger partial charge in [0.1, 0.15) is 5.75 Å². The first-order valence-electron chi connectivity index (χ1n) is 7.80. The highest BCUT2D eigenvalue weighted by molar-refractivity contribution is 5.99. The Hall–Kier alpha value is -1.39. The van der Waals surface area contributed by atoms with Crippen LogP contribution in [0.15, 0.2) is 24.3 Å². The van der Waals surface area contributed by atoms with Crippen LogP contribution in [0.25, 0.3) is 0 Å². The molecule has 1 aliphatic rings. The van der Waals surface area contributed by atoms with Gasteiger partial charge in [0.25, 0.3) is 0 Å². The highest BCUT2D eigenvalue weighted by Gasteiger charge is 2.25. The summed E-state index contributed by atoms with van der Waals surface area (Å²) >= 11 is 0. The van der Waals surface area contributed by atoms with E-state index in [-0.39, 0.29) is 11.8 Å². The molecular formula is C17H26N2O2. The fourth-order valence-electron chi connectivity index (χ4n) is 2.85. The second-order valence-electron chi connectivity index (χ2n) is 5.65. The zero-order valence-electron chi connectivity index (χ0n) is 13.3. The molecule has 0 aliphatic carbocycles. The molecule has 2 rings (SSSR count). The molecule has 0 radical (unpaired) electrons. The van der Waals surface area contributed by atoms with Crippen LogP contribution in [0.5, 0.6) is 5.75 Å². The van der Waals surface area contributed by atoms with Crippen LogP contribution in [0, 0.1) is 0 Å². The number of carbonyl (C=O) groups is 1. The first-order chi connectivity index (χ1) is 10.2. The van der Waals surface area contributed by atoms with Crippen molar-refractivity contribution in [1.82, 2.24) is 9.80 Å². The van der Waals surface area contributed by atoms with Gasteiger partial charge in [-0.05, 0) is 44.2 Å². The molecule has 1 aromatic rings. The van der Waals surface area contributed by atoms with Crippen molar-refractivity contribution in [2.45, 2.75) is 26.3 Å². The number of carbonyl (C=O) groups excluding carboxylic acids is 1. The molecule has 1 saturated heterocycles. The maximum atomic E-state index is 12.6.